The number of hydrogen-bond acceptors (Lipinski definition) is 10. The Labute approximate surface area is 188 Å². The van der Waals surface area contributed by atoms with Gasteiger partial charge in [0.25, 0.3) is 0 Å². The van der Waals surface area contributed by atoms with Gasteiger partial charge in [-0.05, 0) is 38.8 Å². The van der Waals surface area contributed by atoms with Gasteiger partial charge < -0.3 is 14.7 Å². The number of rotatable bonds is 5. The summed E-state index contributed by atoms with van der Waals surface area (Å²) < 4.78 is 5.70. The van der Waals surface area contributed by atoms with Gasteiger partial charge in [-0.2, -0.15) is 10.2 Å². The molecule has 1 aliphatic heterocycles. The van der Waals surface area contributed by atoms with Gasteiger partial charge in [0.15, 0.2) is 10.9 Å². The number of nitrogens with zero attached hydrogens (tertiary/aromatic N) is 7. The van der Waals surface area contributed by atoms with Crippen molar-refractivity contribution in [3.05, 3.63) is 58.7 Å². The second-order valence-electron chi connectivity index (χ2n) is 7.57. The maximum atomic E-state index is 9.34. The zero-order chi connectivity index (χ0) is 22.1. The molecule has 0 saturated carbocycles. The minimum atomic E-state index is -0.0322. The quantitative estimate of drug-likeness (QED) is 0.473. The topological polar surface area (TPSA) is 117 Å². The predicted molar refractivity (Wildman–Crippen MR) is 121 cm³/mol. The van der Waals surface area contributed by atoms with Crippen molar-refractivity contribution in [3.63, 3.8) is 0 Å². The Morgan fingerprint density at radius 1 is 1.25 bits per heavy atom. The van der Waals surface area contributed by atoms with Crippen LogP contribution in [0.25, 0.3) is 11.3 Å². The summed E-state index contributed by atoms with van der Waals surface area (Å²) in [4.78, 5) is 21.2. The van der Waals surface area contributed by atoms with Crippen molar-refractivity contribution in [3.8, 4) is 17.3 Å². The van der Waals surface area contributed by atoms with E-state index in [1.807, 2.05) is 38.2 Å². The Balaban J connectivity index is 1.43. The average molecular weight is 445 g/mol. The Morgan fingerprint density at radius 3 is 2.97 bits per heavy atom. The molecule has 4 aromatic heterocycles. The predicted octanol–water partition coefficient (Wildman–Crippen LogP) is 4.56. The molecule has 5 heterocycles. The van der Waals surface area contributed by atoms with Gasteiger partial charge in [-0.1, -0.05) is 5.16 Å². The van der Waals surface area contributed by atoms with Crippen molar-refractivity contribution in [2.24, 2.45) is 0 Å². The molecule has 0 aliphatic carbocycles. The Bertz CT molecular complexity index is 1310. The van der Waals surface area contributed by atoms with E-state index in [-0.39, 0.29) is 6.04 Å². The van der Waals surface area contributed by atoms with Crippen molar-refractivity contribution in [2.45, 2.75) is 32.7 Å². The van der Waals surface area contributed by atoms with E-state index in [2.05, 4.69) is 36.4 Å². The smallest absolute Gasteiger partial charge is 0.228 e. The van der Waals surface area contributed by atoms with Crippen LogP contribution in [0, 0.1) is 25.2 Å². The summed E-state index contributed by atoms with van der Waals surface area (Å²) in [6, 6.07) is 9.47. The molecule has 9 nitrogen and oxygen atoms in total. The molecule has 1 N–H and O–H groups in total. The molecule has 160 valence electrons. The number of thiazole rings is 1. The number of pyridine rings is 1. The van der Waals surface area contributed by atoms with Gasteiger partial charge in [-0.25, -0.2) is 15.0 Å². The molecular weight excluding hydrogens is 424 g/mol. The highest BCUT2D eigenvalue weighted by Gasteiger charge is 2.32. The maximum absolute atomic E-state index is 9.34. The van der Waals surface area contributed by atoms with E-state index < -0.39 is 0 Å². The maximum Gasteiger partial charge on any atom is 0.228 e. The van der Waals surface area contributed by atoms with E-state index in [4.69, 9.17) is 9.51 Å². The van der Waals surface area contributed by atoms with E-state index in [0.29, 0.717) is 28.7 Å². The minimum absolute atomic E-state index is 0.0322. The molecule has 32 heavy (non-hydrogen) atoms. The second-order valence-corrected chi connectivity index (χ2v) is 8.81. The molecule has 10 heteroatoms. The molecule has 1 aliphatic rings. The number of hydrogen-bond donors (Lipinski definition) is 1. The van der Waals surface area contributed by atoms with Gasteiger partial charge in [-0.3, -0.25) is 0 Å². The van der Waals surface area contributed by atoms with E-state index in [1.165, 1.54) is 0 Å². The third-order valence-corrected chi connectivity index (χ3v) is 6.08. The van der Waals surface area contributed by atoms with E-state index >= 15 is 0 Å². The van der Waals surface area contributed by atoms with Gasteiger partial charge >= 0.3 is 0 Å². The lowest BCUT2D eigenvalue weighted by atomic mass is 10.1. The van der Waals surface area contributed by atoms with Crippen LogP contribution < -0.4 is 10.2 Å². The summed E-state index contributed by atoms with van der Waals surface area (Å²) >= 11 is 1.58. The number of nitriles is 1. The van der Waals surface area contributed by atoms with Gasteiger partial charge in [0.1, 0.15) is 23.3 Å². The Kier molecular flexibility index (Phi) is 5.25. The average Bonchev–Trinajstić information content (AvgIpc) is 3.54. The molecule has 0 unspecified atom stereocenters. The first-order valence-corrected chi connectivity index (χ1v) is 11.1. The fourth-order valence-corrected chi connectivity index (χ4v) is 4.52. The Morgan fingerprint density at radius 2 is 2.16 bits per heavy atom. The highest BCUT2D eigenvalue weighted by atomic mass is 32.1. The van der Waals surface area contributed by atoms with E-state index in [1.54, 1.807) is 23.6 Å². The summed E-state index contributed by atoms with van der Waals surface area (Å²) in [5.41, 5.74) is 2.45. The molecule has 4 aromatic rings. The van der Waals surface area contributed by atoms with Crippen LogP contribution in [-0.2, 0) is 0 Å². The fourth-order valence-electron chi connectivity index (χ4n) is 3.84. The third kappa shape index (κ3) is 3.90. The van der Waals surface area contributed by atoms with Crippen molar-refractivity contribution < 1.29 is 4.52 Å². The first kappa shape index (κ1) is 20.1. The van der Waals surface area contributed by atoms with Crippen molar-refractivity contribution in [1.29, 1.82) is 5.26 Å². The highest BCUT2D eigenvalue weighted by molar-refractivity contribution is 7.15. The molecule has 5 rings (SSSR count). The molecule has 0 bridgehead atoms. The molecule has 0 aromatic carbocycles. The number of nitrogens with one attached hydrogen (secondary N) is 1. The Hall–Kier alpha value is -3.84. The molecular formula is C22H20N8OS. The van der Waals surface area contributed by atoms with Crippen LogP contribution in [0.2, 0.25) is 0 Å². The lowest BCUT2D eigenvalue weighted by molar-refractivity contribution is 0.362. The highest BCUT2D eigenvalue weighted by Crippen LogP contribution is 2.37. The number of anilines is 3. The van der Waals surface area contributed by atoms with Gasteiger partial charge in [-0.15, -0.1) is 11.3 Å². The first-order chi connectivity index (χ1) is 15.6. The fraction of sp³-hybridized carbons (Fsp3) is 0.273. The summed E-state index contributed by atoms with van der Waals surface area (Å²) in [6.07, 6.45) is 5.32. The van der Waals surface area contributed by atoms with Crippen molar-refractivity contribution in [2.75, 3.05) is 16.8 Å². The molecule has 1 fully saturated rings. The van der Waals surface area contributed by atoms with E-state index in [9.17, 15) is 5.26 Å². The van der Waals surface area contributed by atoms with Crippen LogP contribution in [0.15, 0.2) is 41.2 Å². The van der Waals surface area contributed by atoms with Crippen LogP contribution in [0.5, 0.6) is 0 Å². The zero-order valence-corrected chi connectivity index (χ0v) is 18.4. The molecule has 0 spiro atoms. The third-order valence-electron chi connectivity index (χ3n) is 5.25. The second kappa shape index (κ2) is 8.36. The zero-order valence-electron chi connectivity index (χ0n) is 17.6. The lowest BCUT2D eigenvalue weighted by Gasteiger charge is -2.23. The summed E-state index contributed by atoms with van der Waals surface area (Å²) in [7, 11) is 0. The SMILES string of the molecule is Cc1cc(Nc2ncc(C)s2)nc(N2CCC[C@H]2c2cc(-c3cccnc3C#N)no2)n1. The first-order valence-electron chi connectivity index (χ1n) is 10.2. The van der Waals surface area contributed by atoms with Crippen LogP contribution in [0.1, 0.15) is 40.9 Å². The van der Waals surface area contributed by atoms with Gasteiger partial charge in [0.2, 0.25) is 5.95 Å². The van der Waals surface area contributed by atoms with Crippen LogP contribution in [0.3, 0.4) is 0 Å². The van der Waals surface area contributed by atoms with Gasteiger partial charge in [0, 0.05) is 47.2 Å². The van der Waals surface area contributed by atoms with Crippen LogP contribution in [0.4, 0.5) is 16.9 Å². The number of aromatic nitrogens is 5. The minimum Gasteiger partial charge on any atom is -0.359 e. The normalized spacial score (nSPS) is 15.7. The summed E-state index contributed by atoms with van der Waals surface area (Å²) in [6.45, 7) is 4.79. The lowest BCUT2D eigenvalue weighted by Crippen LogP contribution is -2.25. The van der Waals surface area contributed by atoms with Crippen LogP contribution >= 0.6 is 11.3 Å². The van der Waals surface area contributed by atoms with Crippen molar-refractivity contribution >= 4 is 28.2 Å². The molecule has 0 radical (unpaired) electrons. The number of aryl methyl sites for hydroxylation is 2. The monoisotopic (exact) mass is 444 g/mol. The van der Waals surface area contributed by atoms with E-state index in [0.717, 1.165) is 40.8 Å². The molecule has 1 atom stereocenters. The summed E-state index contributed by atoms with van der Waals surface area (Å²) in [5, 5.41) is 17.6. The molecule has 0 amide bonds. The summed E-state index contributed by atoms with van der Waals surface area (Å²) in [5.74, 6) is 2.07. The van der Waals surface area contributed by atoms with Crippen molar-refractivity contribution in [1.82, 2.24) is 25.1 Å². The standard InChI is InChI=1S/C22H20N8OS/c1-13-9-20(28-22-25-12-14(2)32-22)27-21(26-13)30-8-4-6-18(30)19-10-16(29-31-19)15-5-3-7-24-17(15)11-23/h3,5,7,9-10,12,18H,4,6,8H2,1-2H3,(H,25,26,27,28)/t18-/m0/s1. The van der Waals surface area contributed by atoms with Crippen LogP contribution in [-0.4, -0.2) is 31.6 Å². The molecule has 1 saturated heterocycles. The van der Waals surface area contributed by atoms with Gasteiger partial charge in [0.05, 0.1) is 6.04 Å². The largest absolute Gasteiger partial charge is 0.359 e.